The second-order valence-corrected chi connectivity index (χ2v) is 6.47. The molecule has 0 unspecified atom stereocenters. The normalized spacial score (nSPS) is 13.6. The van der Waals surface area contributed by atoms with E-state index in [0.717, 1.165) is 18.4 Å². The number of carbonyl (C=O) groups is 2. The Labute approximate surface area is 152 Å². The molecular weight excluding hydrogens is 427 g/mol. The molecule has 0 saturated carbocycles. The van der Waals surface area contributed by atoms with Crippen molar-refractivity contribution in [1.82, 2.24) is 10.3 Å². The van der Waals surface area contributed by atoms with Gasteiger partial charge in [0.25, 0.3) is 5.91 Å². The van der Waals surface area contributed by atoms with E-state index < -0.39 is 23.7 Å². The summed E-state index contributed by atoms with van der Waals surface area (Å²) in [6.45, 7) is 0. The van der Waals surface area contributed by atoms with Crippen molar-refractivity contribution in [2.24, 2.45) is 0 Å². The monoisotopic (exact) mass is 437 g/mol. The lowest BCUT2D eigenvalue weighted by atomic mass is 10.1. The van der Waals surface area contributed by atoms with Crippen LogP contribution in [0.25, 0.3) is 0 Å². The first-order valence-electron chi connectivity index (χ1n) is 6.60. The summed E-state index contributed by atoms with van der Waals surface area (Å²) in [5.41, 5.74) is -3.55. The molecule has 25 heavy (non-hydrogen) atoms. The van der Waals surface area contributed by atoms with Gasteiger partial charge >= 0.3 is 17.8 Å². The average Bonchev–Trinajstić information content (AvgIpc) is 3.05. The maximum atomic E-state index is 13.7. The van der Waals surface area contributed by atoms with Crippen molar-refractivity contribution in [2.45, 2.75) is 11.8 Å². The third kappa shape index (κ3) is 4.10. The summed E-state index contributed by atoms with van der Waals surface area (Å²) >= 11 is 3.99. The lowest BCUT2D eigenvalue weighted by molar-refractivity contribution is -0.203. The molecule has 0 saturated heterocycles. The molecule has 1 atom stereocenters. The number of ether oxygens (including phenoxy) is 1. The van der Waals surface area contributed by atoms with Crippen molar-refractivity contribution in [3.8, 4) is 0 Å². The Morgan fingerprint density at radius 1 is 1.24 bits per heavy atom. The number of nitrogens with zero attached hydrogens (tertiary/aromatic N) is 1. The van der Waals surface area contributed by atoms with Gasteiger partial charge in [0, 0.05) is 21.6 Å². The number of benzene rings is 1. The van der Waals surface area contributed by atoms with Crippen LogP contribution >= 0.6 is 27.3 Å². The molecule has 0 radical (unpaired) electrons. The van der Waals surface area contributed by atoms with Crippen LogP contribution in [0.4, 0.5) is 18.3 Å². The number of carbonyl (C=O) groups excluding carboxylic acids is 2. The van der Waals surface area contributed by atoms with Crippen LogP contribution in [0.5, 0.6) is 0 Å². The van der Waals surface area contributed by atoms with Crippen LogP contribution in [0.2, 0.25) is 0 Å². The number of hydrogen-bond donors (Lipinski definition) is 2. The molecule has 11 heteroatoms. The van der Waals surface area contributed by atoms with Gasteiger partial charge < -0.3 is 15.4 Å². The zero-order valence-electron chi connectivity index (χ0n) is 12.6. The number of thiazole rings is 1. The maximum Gasteiger partial charge on any atom is 0.442 e. The second-order valence-electron chi connectivity index (χ2n) is 4.66. The summed E-state index contributed by atoms with van der Waals surface area (Å²) in [6.07, 6.45) is -3.95. The predicted octanol–water partition coefficient (Wildman–Crippen LogP) is 3.18. The molecular formula is C14H11BrF3N3O3S. The Morgan fingerprint density at radius 2 is 1.88 bits per heavy atom. The van der Waals surface area contributed by atoms with Crippen LogP contribution < -0.4 is 10.6 Å². The molecule has 0 bridgehead atoms. The standard InChI is InChI=1S/C14H11BrF3N3O3S/c1-24-11(23)13(14(16,17)18,21-12-19-6-7-25-12)20-10(22)8-2-4-9(15)5-3-8/h2-7H,1H3,(H,19,21)(H,20,22)/t13-/m1/s1. The SMILES string of the molecule is COC(=O)[C@@](NC(=O)c1ccc(Br)cc1)(Nc1nccs1)C(F)(F)F. The fourth-order valence-corrected chi connectivity index (χ4v) is 2.68. The molecule has 0 spiro atoms. The Balaban J connectivity index is 2.43. The van der Waals surface area contributed by atoms with Crippen LogP contribution in [0, 0.1) is 0 Å². The number of esters is 1. The van der Waals surface area contributed by atoms with Crippen molar-refractivity contribution in [1.29, 1.82) is 0 Å². The molecule has 0 aliphatic rings. The fraction of sp³-hybridized carbons (Fsp3) is 0.214. The molecule has 0 aliphatic carbocycles. The number of hydrogen-bond acceptors (Lipinski definition) is 6. The highest BCUT2D eigenvalue weighted by atomic mass is 79.9. The van der Waals surface area contributed by atoms with Crippen LogP contribution in [0.1, 0.15) is 10.4 Å². The number of nitrogens with one attached hydrogen (secondary N) is 2. The zero-order chi connectivity index (χ0) is 18.7. The van der Waals surface area contributed by atoms with Gasteiger partial charge in [-0.2, -0.15) is 13.2 Å². The van der Waals surface area contributed by atoms with Crippen LogP contribution in [-0.4, -0.2) is 35.8 Å². The van der Waals surface area contributed by atoms with E-state index in [1.54, 1.807) is 5.32 Å². The van der Waals surface area contributed by atoms with Crippen molar-refractivity contribution >= 4 is 44.3 Å². The van der Waals surface area contributed by atoms with Crippen molar-refractivity contribution in [3.05, 3.63) is 45.9 Å². The molecule has 1 amide bonds. The lowest BCUT2D eigenvalue weighted by Gasteiger charge is -2.34. The molecule has 1 aromatic carbocycles. The minimum absolute atomic E-state index is 0.0679. The van der Waals surface area contributed by atoms with Gasteiger partial charge in [-0.1, -0.05) is 15.9 Å². The van der Waals surface area contributed by atoms with Gasteiger partial charge in [0.2, 0.25) is 0 Å². The molecule has 2 rings (SSSR count). The van der Waals surface area contributed by atoms with Crippen LogP contribution in [-0.2, 0) is 9.53 Å². The second kappa shape index (κ2) is 7.40. The predicted molar refractivity (Wildman–Crippen MR) is 88.1 cm³/mol. The smallest absolute Gasteiger partial charge is 0.442 e. The van der Waals surface area contributed by atoms with Crippen molar-refractivity contribution < 1.29 is 27.5 Å². The Hall–Kier alpha value is -2.14. The zero-order valence-corrected chi connectivity index (χ0v) is 15.0. The summed E-state index contributed by atoms with van der Waals surface area (Å²) in [4.78, 5) is 27.9. The number of halogens is 4. The number of rotatable bonds is 5. The first-order chi connectivity index (χ1) is 11.7. The van der Waals surface area contributed by atoms with E-state index >= 15 is 0 Å². The first kappa shape index (κ1) is 19.2. The molecule has 1 aromatic heterocycles. The number of amides is 1. The van der Waals surface area contributed by atoms with E-state index in [-0.39, 0.29) is 10.7 Å². The fourth-order valence-electron chi connectivity index (χ4n) is 1.83. The molecule has 1 heterocycles. The highest BCUT2D eigenvalue weighted by Gasteiger charge is 2.64. The third-order valence-corrected chi connectivity index (χ3v) is 4.27. The van der Waals surface area contributed by atoms with Crippen LogP contribution in [0.3, 0.4) is 0 Å². The summed E-state index contributed by atoms with van der Waals surface area (Å²) in [6, 6.07) is 5.58. The van der Waals surface area contributed by atoms with E-state index in [2.05, 4.69) is 25.7 Å². The molecule has 6 nitrogen and oxygen atoms in total. The van der Waals surface area contributed by atoms with E-state index in [1.165, 1.54) is 35.8 Å². The Morgan fingerprint density at radius 3 is 2.36 bits per heavy atom. The van der Waals surface area contributed by atoms with E-state index in [4.69, 9.17) is 0 Å². The number of aromatic nitrogens is 1. The van der Waals surface area contributed by atoms with E-state index in [9.17, 15) is 22.8 Å². The minimum Gasteiger partial charge on any atom is -0.466 e. The van der Waals surface area contributed by atoms with Crippen molar-refractivity contribution in [3.63, 3.8) is 0 Å². The molecule has 2 N–H and O–H groups in total. The van der Waals surface area contributed by atoms with Gasteiger partial charge in [-0.25, -0.2) is 9.78 Å². The molecule has 0 fully saturated rings. The number of anilines is 1. The summed E-state index contributed by atoms with van der Waals surface area (Å²) in [5, 5.41) is 4.84. The highest BCUT2D eigenvalue weighted by Crippen LogP contribution is 2.34. The van der Waals surface area contributed by atoms with Gasteiger partial charge in [-0.15, -0.1) is 11.3 Å². The highest BCUT2D eigenvalue weighted by molar-refractivity contribution is 9.10. The van der Waals surface area contributed by atoms with Crippen molar-refractivity contribution in [2.75, 3.05) is 12.4 Å². The number of methoxy groups -OCH3 is 1. The Kier molecular flexibility index (Phi) is 5.68. The quantitative estimate of drug-likeness (QED) is 0.554. The van der Waals surface area contributed by atoms with Gasteiger partial charge in [0.1, 0.15) is 0 Å². The minimum atomic E-state index is -5.20. The van der Waals surface area contributed by atoms with Gasteiger partial charge in [-0.05, 0) is 24.3 Å². The molecule has 2 aromatic rings. The first-order valence-corrected chi connectivity index (χ1v) is 8.28. The van der Waals surface area contributed by atoms with Gasteiger partial charge in [0.15, 0.2) is 5.13 Å². The number of alkyl halides is 3. The maximum absolute atomic E-state index is 13.7. The summed E-state index contributed by atoms with van der Waals surface area (Å²) < 4.78 is 46.1. The lowest BCUT2D eigenvalue weighted by Crippen LogP contribution is -2.69. The Bertz CT molecular complexity index is 753. The van der Waals surface area contributed by atoms with Gasteiger partial charge in [0.05, 0.1) is 7.11 Å². The summed E-state index contributed by atoms with van der Waals surface area (Å²) in [5.74, 6) is -2.83. The van der Waals surface area contributed by atoms with Gasteiger partial charge in [-0.3, -0.25) is 4.79 Å². The largest absolute Gasteiger partial charge is 0.466 e. The third-order valence-electron chi connectivity index (χ3n) is 3.05. The van der Waals surface area contributed by atoms with E-state index in [1.807, 2.05) is 5.32 Å². The van der Waals surface area contributed by atoms with Crippen LogP contribution in [0.15, 0.2) is 40.3 Å². The molecule has 0 aliphatic heterocycles. The molecule has 134 valence electrons. The summed E-state index contributed by atoms with van der Waals surface area (Å²) in [7, 11) is 0.790. The topological polar surface area (TPSA) is 80.3 Å². The average molecular weight is 438 g/mol. The van der Waals surface area contributed by atoms with E-state index in [0.29, 0.717) is 4.47 Å².